The molecule has 1 aliphatic rings. The van der Waals surface area contributed by atoms with E-state index in [1.54, 1.807) is 6.20 Å². The monoisotopic (exact) mass is 297 g/mol. The number of hydrogen-bond donors (Lipinski definition) is 1. The molecule has 1 aromatic rings. The number of ether oxygens (including phenoxy) is 1. The molecule has 0 amide bonds. The molecule has 1 N–H and O–H groups in total. The zero-order valence-corrected chi connectivity index (χ0v) is 13.4. The van der Waals surface area contributed by atoms with Gasteiger partial charge >= 0.3 is 5.97 Å². The maximum absolute atomic E-state index is 11.9. The van der Waals surface area contributed by atoms with Crippen molar-refractivity contribution in [3.05, 3.63) is 16.6 Å². The van der Waals surface area contributed by atoms with Gasteiger partial charge in [-0.15, -0.1) is 11.3 Å². The molecule has 0 aliphatic heterocycles. The Morgan fingerprint density at radius 3 is 2.75 bits per heavy atom. The van der Waals surface area contributed by atoms with E-state index >= 15 is 0 Å². The van der Waals surface area contributed by atoms with Crippen molar-refractivity contribution >= 4 is 17.3 Å². The lowest BCUT2D eigenvalue weighted by Gasteiger charge is -2.45. The summed E-state index contributed by atoms with van der Waals surface area (Å²) in [6, 6.07) is 0. The van der Waals surface area contributed by atoms with Crippen LogP contribution in [0.3, 0.4) is 0 Å². The normalized spacial score (nSPS) is 28.6. The molecule has 0 bridgehead atoms. The number of thiazole rings is 1. The Bertz CT molecular complexity index is 467. The number of hydrogen-bond acceptors (Lipinski definition) is 5. The van der Waals surface area contributed by atoms with E-state index in [2.05, 4.69) is 18.8 Å². The lowest BCUT2D eigenvalue weighted by Crippen LogP contribution is -2.44. The number of carbonyl (C=O) groups is 1. The fourth-order valence-electron chi connectivity index (χ4n) is 3.34. The van der Waals surface area contributed by atoms with E-state index in [9.17, 15) is 9.90 Å². The van der Waals surface area contributed by atoms with Crippen LogP contribution in [0, 0.1) is 17.3 Å². The molecule has 1 saturated carbocycles. The number of carbonyl (C=O) groups excluding carboxylic acids is 1. The zero-order valence-electron chi connectivity index (χ0n) is 12.5. The van der Waals surface area contributed by atoms with Crippen LogP contribution in [0.15, 0.2) is 11.6 Å². The molecule has 1 aromatic heterocycles. The Morgan fingerprint density at radius 2 is 2.25 bits per heavy atom. The smallest absolute Gasteiger partial charge is 0.309 e. The first-order valence-corrected chi connectivity index (χ1v) is 7.87. The Morgan fingerprint density at radius 1 is 1.55 bits per heavy atom. The van der Waals surface area contributed by atoms with Gasteiger partial charge in [0.15, 0.2) is 0 Å². The Hall–Kier alpha value is -0.940. The highest BCUT2D eigenvalue weighted by Gasteiger charge is 2.47. The van der Waals surface area contributed by atoms with Gasteiger partial charge in [0.1, 0.15) is 10.6 Å². The molecular formula is C15H23NO3S. The lowest BCUT2D eigenvalue weighted by molar-refractivity contribution is -0.155. The van der Waals surface area contributed by atoms with Gasteiger partial charge in [-0.1, -0.05) is 13.8 Å². The van der Waals surface area contributed by atoms with Crippen molar-refractivity contribution in [2.45, 2.75) is 45.6 Å². The van der Waals surface area contributed by atoms with Gasteiger partial charge in [0, 0.05) is 11.6 Å². The molecule has 1 fully saturated rings. The van der Waals surface area contributed by atoms with Crippen molar-refractivity contribution in [3.8, 4) is 0 Å². The van der Waals surface area contributed by atoms with E-state index in [0.29, 0.717) is 0 Å². The lowest BCUT2D eigenvalue weighted by atomic mass is 9.61. The van der Waals surface area contributed by atoms with Gasteiger partial charge < -0.3 is 9.84 Å². The van der Waals surface area contributed by atoms with Crippen LogP contribution in [0.5, 0.6) is 0 Å². The first kappa shape index (κ1) is 15.4. The molecule has 1 heterocycles. The van der Waals surface area contributed by atoms with Crippen molar-refractivity contribution in [1.82, 2.24) is 4.98 Å². The van der Waals surface area contributed by atoms with E-state index in [-0.39, 0.29) is 23.2 Å². The fourth-order valence-corrected chi connectivity index (χ4v) is 4.12. The van der Waals surface area contributed by atoms with Crippen molar-refractivity contribution < 1.29 is 14.6 Å². The van der Waals surface area contributed by atoms with Crippen molar-refractivity contribution in [2.24, 2.45) is 17.3 Å². The van der Waals surface area contributed by atoms with E-state index < -0.39 is 5.60 Å². The van der Waals surface area contributed by atoms with Gasteiger partial charge in [0.2, 0.25) is 0 Å². The molecule has 0 spiro atoms. The second-order valence-corrected chi connectivity index (χ2v) is 7.42. The van der Waals surface area contributed by atoms with Crippen LogP contribution in [-0.2, 0) is 15.1 Å². The summed E-state index contributed by atoms with van der Waals surface area (Å²) < 4.78 is 4.91. The third-order valence-electron chi connectivity index (χ3n) is 4.67. The SMILES string of the molecule is COC(=O)[C@H]1CC[C@H]([C@](C)(O)c2nccs2)CC1(C)C. The summed E-state index contributed by atoms with van der Waals surface area (Å²) >= 11 is 1.48. The maximum Gasteiger partial charge on any atom is 0.309 e. The van der Waals surface area contributed by atoms with Crippen LogP contribution < -0.4 is 0 Å². The van der Waals surface area contributed by atoms with Crippen molar-refractivity contribution in [2.75, 3.05) is 7.11 Å². The third-order valence-corrected chi connectivity index (χ3v) is 5.67. The highest BCUT2D eigenvalue weighted by Crippen LogP contribution is 2.49. The molecule has 0 radical (unpaired) electrons. The summed E-state index contributed by atoms with van der Waals surface area (Å²) in [5.41, 5.74) is -1.09. The minimum absolute atomic E-state index is 0.0872. The van der Waals surface area contributed by atoms with Gasteiger partial charge in [-0.2, -0.15) is 0 Å². The minimum Gasteiger partial charge on any atom is -0.469 e. The number of aliphatic hydroxyl groups is 1. The standard InChI is InChI=1S/C15H23NO3S/c1-14(2)9-10(5-6-11(14)12(17)19-4)15(3,18)13-16-7-8-20-13/h7-8,10-11,18H,5-6,9H2,1-4H3/t10-,11+,15-/m0/s1. The molecule has 20 heavy (non-hydrogen) atoms. The van der Waals surface area contributed by atoms with Gasteiger partial charge in [0.05, 0.1) is 13.0 Å². The average Bonchev–Trinajstić information content (AvgIpc) is 2.91. The van der Waals surface area contributed by atoms with Crippen molar-refractivity contribution in [1.29, 1.82) is 0 Å². The third kappa shape index (κ3) is 2.74. The Balaban J connectivity index is 2.17. The average molecular weight is 297 g/mol. The fraction of sp³-hybridized carbons (Fsp3) is 0.733. The number of aromatic nitrogens is 1. The highest BCUT2D eigenvalue weighted by molar-refractivity contribution is 7.09. The summed E-state index contributed by atoms with van der Waals surface area (Å²) in [4.78, 5) is 16.1. The van der Waals surface area contributed by atoms with Crippen LogP contribution >= 0.6 is 11.3 Å². The van der Waals surface area contributed by atoms with E-state index in [4.69, 9.17) is 4.74 Å². The minimum atomic E-state index is -0.924. The molecular weight excluding hydrogens is 274 g/mol. The molecule has 3 atom stereocenters. The van der Waals surface area contributed by atoms with Gasteiger partial charge in [0.25, 0.3) is 0 Å². The number of methoxy groups -OCH3 is 1. The summed E-state index contributed by atoms with van der Waals surface area (Å²) in [6.07, 6.45) is 4.08. The highest BCUT2D eigenvalue weighted by atomic mass is 32.1. The molecule has 2 rings (SSSR count). The summed E-state index contributed by atoms with van der Waals surface area (Å²) in [6.45, 7) is 6.00. The van der Waals surface area contributed by atoms with Crippen molar-refractivity contribution in [3.63, 3.8) is 0 Å². The molecule has 112 valence electrons. The van der Waals surface area contributed by atoms with Crippen LogP contribution in [0.2, 0.25) is 0 Å². The van der Waals surface area contributed by atoms with E-state index in [0.717, 1.165) is 24.3 Å². The molecule has 0 saturated heterocycles. The first-order valence-electron chi connectivity index (χ1n) is 6.99. The predicted octanol–water partition coefficient (Wildman–Crippen LogP) is 2.97. The summed E-state index contributed by atoms with van der Waals surface area (Å²) in [5.74, 6) is -0.109. The first-order chi connectivity index (χ1) is 9.29. The molecule has 0 unspecified atom stereocenters. The zero-order chi connectivity index (χ0) is 15.0. The molecule has 1 aliphatic carbocycles. The summed E-state index contributed by atoms with van der Waals surface area (Å²) in [7, 11) is 1.44. The number of esters is 1. The topological polar surface area (TPSA) is 59.4 Å². The predicted molar refractivity (Wildman–Crippen MR) is 78.3 cm³/mol. The second kappa shape index (κ2) is 5.45. The van der Waals surface area contributed by atoms with Crippen LogP contribution in [-0.4, -0.2) is 23.2 Å². The van der Waals surface area contributed by atoms with Gasteiger partial charge in [-0.3, -0.25) is 4.79 Å². The Kier molecular flexibility index (Phi) is 4.21. The van der Waals surface area contributed by atoms with Gasteiger partial charge in [-0.05, 0) is 37.5 Å². The quantitative estimate of drug-likeness (QED) is 0.871. The van der Waals surface area contributed by atoms with Gasteiger partial charge in [-0.25, -0.2) is 4.98 Å². The largest absolute Gasteiger partial charge is 0.469 e. The Labute approximate surface area is 124 Å². The molecule has 0 aromatic carbocycles. The second-order valence-electron chi connectivity index (χ2n) is 6.53. The maximum atomic E-state index is 11.9. The summed E-state index contributed by atoms with van der Waals surface area (Å²) in [5, 5.41) is 13.5. The molecule has 4 nitrogen and oxygen atoms in total. The van der Waals surface area contributed by atoms with Crippen LogP contribution in [0.25, 0.3) is 0 Å². The number of rotatable bonds is 3. The number of nitrogens with zero attached hydrogens (tertiary/aromatic N) is 1. The van der Waals surface area contributed by atoms with Crippen LogP contribution in [0.4, 0.5) is 0 Å². The van der Waals surface area contributed by atoms with E-state index in [1.165, 1.54) is 18.4 Å². The van der Waals surface area contributed by atoms with Crippen LogP contribution in [0.1, 0.15) is 45.0 Å². The van der Waals surface area contributed by atoms with E-state index in [1.807, 2.05) is 12.3 Å². The molecule has 5 heteroatoms.